The lowest BCUT2D eigenvalue weighted by molar-refractivity contribution is -0.135. The van der Waals surface area contributed by atoms with Gasteiger partial charge in [0.25, 0.3) is 0 Å². The maximum Gasteiger partial charge on any atom is 0.355 e. The highest BCUT2D eigenvalue weighted by molar-refractivity contribution is 6.54. The van der Waals surface area contributed by atoms with Gasteiger partial charge in [-0.3, -0.25) is 4.79 Å². The van der Waals surface area contributed by atoms with Gasteiger partial charge in [-0.25, -0.2) is 4.79 Å². The first kappa shape index (κ1) is 12.2. The van der Waals surface area contributed by atoms with E-state index >= 15 is 0 Å². The van der Waals surface area contributed by atoms with Crippen LogP contribution in [0.5, 0.6) is 0 Å². The van der Waals surface area contributed by atoms with Crippen molar-refractivity contribution in [1.29, 1.82) is 0 Å². The molecule has 5 heteroatoms. The number of hydrogen-bond donors (Lipinski definition) is 0. The minimum atomic E-state index is -0.582. The van der Waals surface area contributed by atoms with Crippen LogP contribution >= 0.6 is 0 Å². The Balaban J connectivity index is 2.25. The van der Waals surface area contributed by atoms with E-state index in [0.29, 0.717) is 5.56 Å². The van der Waals surface area contributed by atoms with Crippen LogP contribution in [0, 0.1) is 0 Å². The summed E-state index contributed by atoms with van der Waals surface area (Å²) in [6, 6.07) is 9.04. The van der Waals surface area contributed by atoms with Crippen molar-refractivity contribution in [2.24, 2.45) is 10.2 Å². The Morgan fingerprint density at radius 1 is 1.28 bits per heavy atom. The average molecular weight is 244 g/mol. The molecule has 0 saturated heterocycles. The normalized spacial score (nSPS) is 14.8. The molecule has 92 valence electrons. The smallest absolute Gasteiger partial charge is 0.355 e. The monoisotopic (exact) mass is 244 g/mol. The molecule has 0 fully saturated rings. The van der Waals surface area contributed by atoms with Crippen LogP contribution < -0.4 is 0 Å². The Morgan fingerprint density at radius 3 is 2.61 bits per heavy atom. The van der Waals surface area contributed by atoms with Crippen LogP contribution in [0.2, 0.25) is 0 Å². The number of Topliss-reactive ketones (excluding diaryl/α,β-unsaturated/α-hetero) is 1. The molecule has 1 aromatic carbocycles. The van der Waals surface area contributed by atoms with Gasteiger partial charge in [-0.2, -0.15) is 0 Å². The van der Waals surface area contributed by atoms with Crippen molar-refractivity contribution in [3.63, 3.8) is 0 Å². The molecule has 0 bridgehead atoms. The summed E-state index contributed by atoms with van der Waals surface area (Å²) in [5, 5.41) is 7.59. The van der Waals surface area contributed by atoms with Gasteiger partial charge in [-0.15, -0.1) is 10.2 Å². The minimum absolute atomic E-state index is 0.0570. The lowest BCUT2D eigenvalue weighted by atomic mass is 10.0. The molecule has 2 rings (SSSR count). The summed E-state index contributed by atoms with van der Waals surface area (Å²) < 4.78 is 4.78. The number of rotatable bonds is 3. The summed E-state index contributed by atoms with van der Waals surface area (Å²) in [6.45, 7) is 1.95. The van der Waals surface area contributed by atoms with E-state index in [1.54, 1.807) is 19.1 Å². The standard InChI is InChI=1S/C13H12N2O3/c1-2-18-13(17)10-8-11(16)12(15-14-10)9-6-4-3-5-7-9/h3-7H,2,8H2,1H3. The van der Waals surface area contributed by atoms with Crippen LogP contribution in [-0.2, 0) is 14.3 Å². The Labute approximate surface area is 104 Å². The number of esters is 1. The average Bonchev–Trinajstić information content (AvgIpc) is 2.40. The fraction of sp³-hybridized carbons (Fsp3) is 0.231. The second kappa shape index (κ2) is 5.35. The summed E-state index contributed by atoms with van der Waals surface area (Å²) in [5.41, 5.74) is 1.04. The second-order valence-corrected chi connectivity index (χ2v) is 3.68. The third kappa shape index (κ3) is 2.51. The van der Waals surface area contributed by atoms with E-state index in [4.69, 9.17) is 4.74 Å². The lowest BCUT2D eigenvalue weighted by Crippen LogP contribution is -2.28. The van der Waals surface area contributed by atoms with Gasteiger partial charge in [-0.05, 0) is 6.92 Å². The number of benzene rings is 1. The summed E-state index contributed by atoms with van der Waals surface area (Å²) in [6.07, 6.45) is -0.0629. The molecule has 18 heavy (non-hydrogen) atoms. The third-order valence-corrected chi connectivity index (χ3v) is 2.42. The Kier molecular flexibility index (Phi) is 3.62. The van der Waals surface area contributed by atoms with Crippen molar-refractivity contribution in [1.82, 2.24) is 0 Å². The Morgan fingerprint density at radius 2 is 2.00 bits per heavy atom. The number of hydrogen-bond acceptors (Lipinski definition) is 5. The maximum atomic E-state index is 11.9. The highest BCUT2D eigenvalue weighted by Gasteiger charge is 2.25. The maximum absolute atomic E-state index is 11.9. The highest BCUT2D eigenvalue weighted by atomic mass is 16.5. The first-order chi connectivity index (χ1) is 8.72. The molecule has 5 nitrogen and oxygen atoms in total. The van der Waals surface area contributed by atoms with Gasteiger partial charge in [0.1, 0.15) is 5.71 Å². The van der Waals surface area contributed by atoms with Crippen molar-refractivity contribution in [2.75, 3.05) is 6.61 Å². The predicted octanol–water partition coefficient (Wildman–Crippen LogP) is 1.37. The highest BCUT2D eigenvalue weighted by Crippen LogP contribution is 2.10. The van der Waals surface area contributed by atoms with E-state index in [-0.39, 0.29) is 30.2 Å². The van der Waals surface area contributed by atoms with Crippen LogP contribution in [0.3, 0.4) is 0 Å². The van der Waals surface area contributed by atoms with Crippen LogP contribution in [0.25, 0.3) is 0 Å². The van der Waals surface area contributed by atoms with E-state index in [9.17, 15) is 9.59 Å². The Hall–Kier alpha value is -2.30. The topological polar surface area (TPSA) is 68.1 Å². The Bertz CT molecular complexity index is 532. The predicted molar refractivity (Wildman–Crippen MR) is 66.7 cm³/mol. The summed E-state index contributed by atoms with van der Waals surface area (Å²) >= 11 is 0. The molecule has 0 N–H and O–H groups in total. The lowest BCUT2D eigenvalue weighted by Gasteiger charge is -2.10. The fourth-order valence-electron chi connectivity index (χ4n) is 1.58. The van der Waals surface area contributed by atoms with Gasteiger partial charge in [0.15, 0.2) is 11.5 Å². The van der Waals surface area contributed by atoms with E-state index in [0.717, 1.165) is 0 Å². The first-order valence-corrected chi connectivity index (χ1v) is 5.62. The van der Waals surface area contributed by atoms with Crippen molar-refractivity contribution in [3.05, 3.63) is 35.9 Å². The molecular weight excluding hydrogens is 232 g/mol. The number of nitrogens with zero attached hydrogens (tertiary/aromatic N) is 2. The van der Waals surface area contributed by atoms with Gasteiger partial charge in [-0.1, -0.05) is 30.3 Å². The van der Waals surface area contributed by atoms with Crippen LogP contribution in [-0.4, -0.2) is 29.8 Å². The number of ether oxygens (including phenoxy) is 1. The van der Waals surface area contributed by atoms with Gasteiger partial charge in [0.2, 0.25) is 0 Å². The van der Waals surface area contributed by atoms with Crippen molar-refractivity contribution in [2.45, 2.75) is 13.3 Å². The molecule has 0 aromatic heterocycles. The molecule has 0 saturated carbocycles. The van der Waals surface area contributed by atoms with Crippen molar-refractivity contribution < 1.29 is 14.3 Å². The third-order valence-electron chi connectivity index (χ3n) is 2.42. The number of carbonyl (C=O) groups excluding carboxylic acids is 2. The van der Waals surface area contributed by atoms with E-state index in [1.165, 1.54) is 0 Å². The van der Waals surface area contributed by atoms with Gasteiger partial charge < -0.3 is 4.74 Å². The summed E-state index contributed by atoms with van der Waals surface area (Å²) in [5.74, 6) is -0.805. The quantitative estimate of drug-likeness (QED) is 0.754. The van der Waals surface area contributed by atoms with Gasteiger partial charge in [0.05, 0.1) is 13.0 Å². The molecule has 0 amide bonds. The van der Waals surface area contributed by atoms with Crippen molar-refractivity contribution >= 4 is 23.2 Å². The zero-order valence-corrected chi connectivity index (χ0v) is 9.92. The molecule has 0 atom stereocenters. The van der Waals surface area contributed by atoms with E-state index in [1.807, 2.05) is 18.2 Å². The first-order valence-electron chi connectivity index (χ1n) is 5.62. The largest absolute Gasteiger partial charge is 0.461 e. The zero-order chi connectivity index (χ0) is 13.0. The molecule has 0 spiro atoms. The molecule has 1 heterocycles. The van der Waals surface area contributed by atoms with E-state index < -0.39 is 5.97 Å². The van der Waals surface area contributed by atoms with Crippen molar-refractivity contribution in [3.8, 4) is 0 Å². The summed E-state index contributed by atoms with van der Waals surface area (Å²) in [7, 11) is 0. The number of carbonyl (C=O) groups is 2. The molecular formula is C13H12N2O3. The van der Waals surface area contributed by atoms with Gasteiger partial charge >= 0.3 is 5.97 Å². The van der Waals surface area contributed by atoms with Gasteiger partial charge in [0, 0.05) is 5.56 Å². The molecule has 0 unspecified atom stereocenters. The van der Waals surface area contributed by atoms with Crippen LogP contribution in [0.15, 0.2) is 40.5 Å². The van der Waals surface area contributed by atoms with Crippen LogP contribution in [0.4, 0.5) is 0 Å². The molecule has 1 aliphatic heterocycles. The molecule has 0 aliphatic carbocycles. The molecule has 0 radical (unpaired) electrons. The molecule has 1 aliphatic rings. The zero-order valence-electron chi connectivity index (χ0n) is 9.92. The second-order valence-electron chi connectivity index (χ2n) is 3.68. The van der Waals surface area contributed by atoms with Crippen LogP contribution in [0.1, 0.15) is 18.9 Å². The summed E-state index contributed by atoms with van der Waals surface area (Å²) in [4.78, 5) is 23.3. The molecule has 1 aromatic rings. The minimum Gasteiger partial charge on any atom is -0.461 e. The fourth-order valence-corrected chi connectivity index (χ4v) is 1.58. The number of ketones is 1. The van der Waals surface area contributed by atoms with E-state index in [2.05, 4.69) is 10.2 Å². The SMILES string of the molecule is CCOC(=O)C1=NN=C(c2ccccc2)C(=O)C1.